The third kappa shape index (κ3) is 0.897. The average Bonchev–Trinajstić information content (AvgIpc) is 2.59. The molecule has 1 saturated heterocycles. The monoisotopic (exact) mass is 136 g/mol. The number of hydrogen-bond donors (Lipinski definition) is 2. The van der Waals surface area contributed by atoms with Crippen LogP contribution in [-0.4, -0.2) is 13.1 Å². The fraction of sp³-hybridized carbons (Fsp3) is 0.500. The highest BCUT2D eigenvalue weighted by atomic mass is 14.9. The first-order valence-electron chi connectivity index (χ1n) is 3.82. The molecule has 2 rings (SSSR count). The van der Waals surface area contributed by atoms with Gasteiger partial charge in [-0.15, -0.1) is 0 Å². The van der Waals surface area contributed by atoms with Gasteiger partial charge in [0.25, 0.3) is 0 Å². The van der Waals surface area contributed by atoms with Crippen LogP contribution in [0.1, 0.15) is 12.8 Å². The maximum absolute atomic E-state index is 3.39. The summed E-state index contributed by atoms with van der Waals surface area (Å²) in [6.07, 6.45) is 6.71. The van der Waals surface area contributed by atoms with Crippen LogP contribution in [0.15, 0.2) is 23.5 Å². The highest BCUT2D eigenvalue weighted by Crippen LogP contribution is 2.16. The zero-order chi connectivity index (χ0) is 6.81. The summed E-state index contributed by atoms with van der Waals surface area (Å²) >= 11 is 0. The molecule has 0 spiro atoms. The average molecular weight is 136 g/mol. The van der Waals surface area contributed by atoms with Gasteiger partial charge >= 0.3 is 0 Å². The molecule has 2 nitrogen and oxygen atoms in total. The lowest BCUT2D eigenvalue weighted by Gasteiger charge is -2.01. The maximum atomic E-state index is 3.39. The summed E-state index contributed by atoms with van der Waals surface area (Å²) in [6, 6.07) is 0. The largest absolute Gasteiger partial charge is 0.388 e. The van der Waals surface area contributed by atoms with Crippen molar-refractivity contribution < 1.29 is 0 Å². The first kappa shape index (κ1) is 5.83. The summed E-state index contributed by atoms with van der Waals surface area (Å²) in [6.45, 7) is 2.18. The summed E-state index contributed by atoms with van der Waals surface area (Å²) in [5, 5.41) is 6.56. The fourth-order valence-corrected chi connectivity index (χ4v) is 1.46. The molecule has 10 heavy (non-hydrogen) atoms. The van der Waals surface area contributed by atoms with E-state index in [1.54, 1.807) is 0 Å². The third-order valence-electron chi connectivity index (χ3n) is 2.02. The number of allylic oxidation sites excluding steroid dienone is 1. The molecular weight excluding hydrogens is 124 g/mol. The van der Waals surface area contributed by atoms with Crippen LogP contribution in [0.2, 0.25) is 0 Å². The van der Waals surface area contributed by atoms with E-state index in [0.717, 1.165) is 13.1 Å². The molecule has 2 heteroatoms. The van der Waals surface area contributed by atoms with Crippen molar-refractivity contribution in [2.24, 2.45) is 0 Å². The summed E-state index contributed by atoms with van der Waals surface area (Å²) in [5.41, 5.74) is 2.89. The Bertz CT molecular complexity index is 183. The lowest BCUT2D eigenvalue weighted by molar-refractivity contribution is 0.896. The molecule has 0 aromatic rings. The van der Waals surface area contributed by atoms with Crippen molar-refractivity contribution in [3.8, 4) is 0 Å². The van der Waals surface area contributed by atoms with Crippen LogP contribution in [0, 0.1) is 0 Å². The van der Waals surface area contributed by atoms with Crippen molar-refractivity contribution in [3.05, 3.63) is 23.5 Å². The van der Waals surface area contributed by atoms with Crippen molar-refractivity contribution in [1.29, 1.82) is 0 Å². The Kier molecular flexibility index (Phi) is 1.38. The van der Waals surface area contributed by atoms with E-state index in [4.69, 9.17) is 0 Å². The molecule has 1 fully saturated rings. The molecule has 0 aliphatic carbocycles. The summed E-state index contributed by atoms with van der Waals surface area (Å²) in [4.78, 5) is 0. The normalized spacial score (nSPS) is 30.4. The highest BCUT2D eigenvalue weighted by Gasteiger charge is 2.10. The second-order valence-corrected chi connectivity index (χ2v) is 2.75. The first-order chi connectivity index (χ1) is 4.97. The van der Waals surface area contributed by atoms with Gasteiger partial charge in [0, 0.05) is 18.8 Å². The van der Waals surface area contributed by atoms with E-state index in [9.17, 15) is 0 Å². The highest BCUT2D eigenvalue weighted by molar-refractivity contribution is 5.31. The molecule has 0 amide bonds. The van der Waals surface area contributed by atoms with Gasteiger partial charge in [-0.25, -0.2) is 0 Å². The Labute approximate surface area is 61.0 Å². The van der Waals surface area contributed by atoms with Crippen LogP contribution in [0.3, 0.4) is 0 Å². The van der Waals surface area contributed by atoms with Crippen molar-refractivity contribution in [2.45, 2.75) is 12.8 Å². The van der Waals surface area contributed by atoms with Gasteiger partial charge in [-0.3, -0.25) is 0 Å². The third-order valence-corrected chi connectivity index (χ3v) is 2.02. The molecule has 2 aliphatic rings. The van der Waals surface area contributed by atoms with Crippen LogP contribution in [0.5, 0.6) is 0 Å². The number of rotatable bonds is 0. The Morgan fingerprint density at radius 2 is 2.40 bits per heavy atom. The van der Waals surface area contributed by atoms with Crippen LogP contribution < -0.4 is 10.6 Å². The zero-order valence-corrected chi connectivity index (χ0v) is 5.98. The smallest absolute Gasteiger partial charge is 0.0412 e. The van der Waals surface area contributed by atoms with E-state index < -0.39 is 0 Å². The van der Waals surface area contributed by atoms with Gasteiger partial charge < -0.3 is 10.6 Å². The van der Waals surface area contributed by atoms with E-state index in [2.05, 4.69) is 16.7 Å². The Balaban J connectivity index is 2.18. The molecule has 0 aromatic carbocycles. The van der Waals surface area contributed by atoms with Crippen LogP contribution in [0.4, 0.5) is 0 Å². The van der Waals surface area contributed by atoms with Gasteiger partial charge in [0.15, 0.2) is 0 Å². The van der Waals surface area contributed by atoms with E-state index in [1.807, 2.05) is 6.20 Å². The summed E-state index contributed by atoms with van der Waals surface area (Å²) in [5.74, 6) is 0. The Hall–Kier alpha value is -0.920. The number of hydrogen-bond acceptors (Lipinski definition) is 2. The predicted octanol–water partition coefficient (Wildman–Crippen LogP) is 0.741. The van der Waals surface area contributed by atoms with E-state index in [0.29, 0.717) is 0 Å². The van der Waals surface area contributed by atoms with Gasteiger partial charge in [-0.05, 0) is 30.7 Å². The molecule has 0 aromatic heterocycles. The minimum Gasteiger partial charge on any atom is -0.388 e. The maximum Gasteiger partial charge on any atom is 0.0412 e. The number of nitrogens with one attached hydrogen (secondary N) is 2. The fourth-order valence-electron chi connectivity index (χ4n) is 1.46. The second kappa shape index (κ2) is 2.37. The molecule has 2 N–H and O–H groups in total. The summed E-state index contributed by atoms with van der Waals surface area (Å²) in [7, 11) is 0. The van der Waals surface area contributed by atoms with E-state index >= 15 is 0 Å². The molecule has 0 radical (unpaired) electrons. The topological polar surface area (TPSA) is 24.1 Å². The quantitative estimate of drug-likeness (QED) is 0.513. The lowest BCUT2D eigenvalue weighted by atomic mass is 10.2. The minimum absolute atomic E-state index is 1.02. The molecular formula is C8H12N2. The van der Waals surface area contributed by atoms with Crippen molar-refractivity contribution in [2.75, 3.05) is 13.1 Å². The zero-order valence-electron chi connectivity index (χ0n) is 5.98. The van der Waals surface area contributed by atoms with Crippen molar-refractivity contribution in [3.63, 3.8) is 0 Å². The molecule has 0 bridgehead atoms. The SMILES string of the molecule is C1=CC(=C2CCCN2)CN1. The standard InChI is InChI=1S/C8H12N2/c1-2-8(10-4-1)7-3-5-9-6-7/h3,5,9-10H,1-2,4,6H2. The van der Waals surface area contributed by atoms with Crippen LogP contribution in [0.25, 0.3) is 0 Å². The minimum atomic E-state index is 1.02. The molecule has 54 valence electrons. The molecule has 0 saturated carbocycles. The molecule has 2 aliphatic heterocycles. The molecule has 0 unspecified atom stereocenters. The van der Waals surface area contributed by atoms with Gasteiger partial charge in [-0.1, -0.05) is 0 Å². The van der Waals surface area contributed by atoms with E-state index in [-0.39, 0.29) is 0 Å². The Morgan fingerprint density at radius 3 is 3.00 bits per heavy atom. The van der Waals surface area contributed by atoms with Crippen molar-refractivity contribution >= 4 is 0 Å². The van der Waals surface area contributed by atoms with Gasteiger partial charge in [0.05, 0.1) is 0 Å². The predicted molar refractivity (Wildman–Crippen MR) is 41.4 cm³/mol. The van der Waals surface area contributed by atoms with Crippen LogP contribution >= 0.6 is 0 Å². The van der Waals surface area contributed by atoms with Crippen LogP contribution in [-0.2, 0) is 0 Å². The van der Waals surface area contributed by atoms with E-state index in [1.165, 1.54) is 24.1 Å². The molecule has 0 atom stereocenters. The van der Waals surface area contributed by atoms with Gasteiger partial charge in [-0.2, -0.15) is 0 Å². The molecule has 2 heterocycles. The summed E-state index contributed by atoms with van der Waals surface area (Å²) < 4.78 is 0. The van der Waals surface area contributed by atoms with Gasteiger partial charge in [0.2, 0.25) is 0 Å². The van der Waals surface area contributed by atoms with Crippen molar-refractivity contribution in [1.82, 2.24) is 10.6 Å². The second-order valence-electron chi connectivity index (χ2n) is 2.75. The lowest BCUT2D eigenvalue weighted by Crippen LogP contribution is -2.09. The first-order valence-corrected chi connectivity index (χ1v) is 3.82. The van der Waals surface area contributed by atoms with Gasteiger partial charge in [0.1, 0.15) is 0 Å². The Morgan fingerprint density at radius 1 is 1.40 bits per heavy atom.